The highest BCUT2D eigenvalue weighted by Crippen LogP contribution is 2.18. The number of benzene rings is 1. The van der Waals surface area contributed by atoms with Gasteiger partial charge >= 0.3 is 23.9 Å². The van der Waals surface area contributed by atoms with E-state index in [0.717, 1.165) is 31.2 Å². The van der Waals surface area contributed by atoms with Crippen molar-refractivity contribution in [1.29, 1.82) is 0 Å². The molecule has 1 N–H and O–H groups in total. The number of rotatable bonds is 14. The van der Waals surface area contributed by atoms with E-state index in [-0.39, 0.29) is 44.2 Å². The molecule has 8 nitrogen and oxygen atoms in total. The Morgan fingerprint density at radius 1 is 0.714 bits per heavy atom. The molecule has 0 saturated carbocycles. The summed E-state index contributed by atoms with van der Waals surface area (Å²) in [6, 6.07) is 9.44. The van der Waals surface area contributed by atoms with Crippen LogP contribution in [-0.2, 0) is 40.0 Å². The molecular formula is C27H42O8. The highest BCUT2D eigenvalue weighted by Gasteiger charge is 2.23. The molecule has 0 radical (unpaired) electrons. The van der Waals surface area contributed by atoms with Crippen LogP contribution in [0.1, 0.15) is 98.5 Å². The zero-order valence-corrected chi connectivity index (χ0v) is 22.1. The Hall–Kier alpha value is -2.90. The lowest BCUT2D eigenvalue weighted by Crippen LogP contribution is -2.28. The minimum atomic E-state index is -0.977. The number of hydrogen-bond acceptors (Lipinski definition) is 7. The van der Waals surface area contributed by atoms with Crippen LogP contribution in [0.4, 0.5) is 0 Å². The van der Waals surface area contributed by atoms with Gasteiger partial charge < -0.3 is 19.3 Å². The summed E-state index contributed by atoms with van der Waals surface area (Å²) >= 11 is 0. The predicted molar refractivity (Wildman–Crippen MR) is 132 cm³/mol. The molecule has 0 bridgehead atoms. The first-order valence-electron chi connectivity index (χ1n) is 12.1. The lowest BCUT2D eigenvalue weighted by molar-refractivity contribution is -0.160. The van der Waals surface area contributed by atoms with Crippen molar-refractivity contribution in [2.45, 2.75) is 111 Å². The molecule has 1 rings (SSSR count). The van der Waals surface area contributed by atoms with Gasteiger partial charge in [-0.25, -0.2) is 0 Å². The predicted octanol–water partition coefficient (Wildman–Crippen LogP) is 5.61. The van der Waals surface area contributed by atoms with Gasteiger partial charge in [0.1, 0.15) is 17.8 Å². The van der Waals surface area contributed by atoms with E-state index in [1.807, 2.05) is 71.9 Å². The van der Waals surface area contributed by atoms with Crippen LogP contribution in [0.25, 0.3) is 0 Å². The Balaban J connectivity index is 0.000000720. The monoisotopic (exact) mass is 494 g/mol. The zero-order chi connectivity index (χ0) is 26.9. The second kappa shape index (κ2) is 16.7. The summed E-state index contributed by atoms with van der Waals surface area (Å²) in [5.74, 6) is -2.16. The zero-order valence-electron chi connectivity index (χ0n) is 22.1. The minimum absolute atomic E-state index is 0.0495. The van der Waals surface area contributed by atoms with Crippen molar-refractivity contribution < 1.29 is 38.5 Å². The van der Waals surface area contributed by atoms with E-state index in [1.54, 1.807) is 0 Å². The molecule has 0 unspecified atom stereocenters. The van der Waals surface area contributed by atoms with Crippen molar-refractivity contribution in [3.05, 3.63) is 35.9 Å². The standard InChI is InChI=1S/C17H24O4.C10H18O4/c1-4-12-17(2,3)21-16(19)11-10-15(18)20-13-14-8-6-5-7-9-14;1-4-7-10(2,3)14-9(13)6-5-8(11)12/h5-9H,4,10-13H2,1-3H3;4-7H2,1-3H3,(H,11,12). The van der Waals surface area contributed by atoms with Gasteiger partial charge in [-0.1, -0.05) is 57.0 Å². The number of carbonyl (C=O) groups is 4. The largest absolute Gasteiger partial charge is 0.481 e. The summed E-state index contributed by atoms with van der Waals surface area (Å²) in [5.41, 5.74) is -0.0260. The van der Waals surface area contributed by atoms with E-state index in [1.165, 1.54) is 0 Å². The molecule has 0 spiro atoms. The molecule has 8 heteroatoms. The molecule has 35 heavy (non-hydrogen) atoms. The summed E-state index contributed by atoms with van der Waals surface area (Å²) in [6.45, 7) is 11.7. The Kier molecular flexibility index (Phi) is 15.3. The van der Waals surface area contributed by atoms with Gasteiger partial charge in [0, 0.05) is 0 Å². The fourth-order valence-electron chi connectivity index (χ4n) is 3.25. The third kappa shape index (κ3) is 18.1. The number of aliphatic carboxylic acids is 1. The molecule has 0 heterocycles. The normalized spacial score (nSPS) is 11.0. The van der Waals surface area contributed by atoms with Crippen molar-refractivity contribution in [1.82, 2.24) is 0 Å². The summed E-state index contributed by atoms with van der Waals surface area (Å²) in [6.07, 6.45) is 3.35. The average Bonchev–Trinajstić information content (AvgIpc) is 2.75. The maximum Gasteiger partial charge on any atom is 0.306 e. The van der Waals surface area contributed by atoms with E-state index < -0.39 is 23.1 Å². The van der Waals surface area contributed by atoms with Crippen LogP contribution in [0, 0.1) is 0 Å². The highest BCUT2D eigenvalue weighted by molar-refractivity contribution is 5.78. The van der Waals surface area contributed by atoms with E-state index >= 15 is 0 Å². The summed E-state index contributed by atoms with van der Waals surface area (Å²) < 4.78 is 15.6. The molecule has 0 fully saturated rings. The van der Waals surface area contributed by atoms with Gasteiger partial charge in [-0.2, -0.15) is 0 Å². The van der Waals surface area contributed by atoms with Crippen LogP contribution in [-0.4, -0.2) is 40.2 Å². The minimum Gasteiger partial charge on any atom is -0.481 e. The van der Waals surface area contributed by atoms with Crippen molar-refractivity contribution in [3.63, 3.8) is 0 Å². The van der Waals surface area contributed by atoms with Crippen molar-refractivity contribution in [2.24, 2.45) is 0 Å². The summed E-state index contributed by atoms with van der Waals surface area (Å²) in [7, 11) is 0. The quantitative estimate of drug-likeness (QED) is 0.262. The second-order valence-corrected chi connectivity index (χ2v) is 9.51. The first-order valence-corrected chi connectivity index (χ1v) is 12.1. The number of esters is 3. The summed E-state index contributed by atoms with van der Waals surface area (Å²) in [5, 5.41) is 8.36. The SMILES string of the molecule is CCCC(C)(C)OC(=O)CCC(=O)O.CCCC(C)(C)OC(=O)CCC(=O)OCc1ccccc1. The Labute approximate surface area is 209 Å². The van der Waals surface area contributed by atoms with E-state index in [4.69, 9.17) is 19.3 Å². The molecule has 1 aromatic carbocycles. The third-order valence-electron chi connectivity index (χ3n) is 4.80. The van der Waals surface area contributed by atoms with Gasteiger partial charge in [-0.05, 0) is 46.1 Å². The third-order valence-corrected chi connectivity index (χ3v) is 4.80. The second-order valence-electron chi connectivity index (χ2n) is 9.51. The van der Waals surface area contributed by atoms with Gasteiger partial charge in [0.05, 0.1) is 25.7 Å². The number of carbonyl (C=O) groups excluding carboxylic acids is 3. The number of carboxylic acid groups (broad SMARTS) is 1. The fraction of sp³-hybridized carbons (Fsp3) is 0.630. The van der Waals surface area contributed by atoms with Gasteiger partial charge in [-0.15, -0.1) is 0 Å². The van der Waals surface area contributed by atoms with Crippen molar-refractivity contribution >= 4 is 23.9 Å². The number of ether oxygens (including phenoxy) is 3. The summed E-state index contributed by atoms with van der Waals surface area (Å²) in [4.78, 5) is 44.6. The van der Waals surface area contributed by atoms with Gasteiger partial charge in [-0.3, -0.25) is 19.2 Å². The fourth-order valence-corrected chi connectivity index (χ4v) is 3.25. The smallest absolute Gasteiger partial charge is 0.306 e. The Morgan fingerprint density at radius 2 is 1.14 bits per heavy atom. The van der Waals surface area contributed by atoms with Crippen LogP contribution in [0.15, 0.2) is 30.3 Å². The molecular weight excluding hydrogens is 452 g/mol. The van der Waals surface area contributed by atoms with E-state index in [2.05, 4.69) is 0 Å². The molecule has 198 valence electrons. The molecule has 0 aromatic heterocycles. The first kappa shape index (κ1) is 32.1. The Bertz CT molecular complexity index is 784. The molecule has 0 amide bonds. The number of hydrogen-bond donors (Lipinski definition) is 1. The maximum atomic E-state index is 11.7. The number of carboxylic acids is 1. The van der Waals surface area contributed by atoms with Crippen LogP contribution < -0.4 is 0 Å². The lowest BCUT2D eigenvalue weighted by Gasteiger charge is -2.24. The van der Waals surface area contributed by atoms with E-state index in [9.17, 15) is 19.2 Å². The van der Waals surface area contributed by atoms with Crippen LogP contribution in [0.5, 0.6) is 0 Å². The molecule has 1 aromatic rings. The average molecular weight is 495 g/mol. The topological polar surface area (TPSA) is 116 Å². The van der Waals surface area contributed by atoms with Crippen LogP contribution in [0.3, 0.4) is 0 Å². The first-order chi connectivity index (χ1) is 16.3. The van der Waals surface area contributed by atoms with Gasteiger partial charge in [0.2, 0.25) is 0 Å². The lowest BCUT2D eigenvalue weighted by atomic mass is 10.0. The molecule has 0 aliphatic heterocycles. The van der Waals surface area contributed by atoms with Gasteiger partial charge in [0.25, 0.3) is 0 Å². The molecule has 0 saturated heterocycles. The van der Waals surface area contributed by atoms with Crippen molar-refractivity contribution in [2.75, 3.05) is 0 Å². The van der Waals surface area contributed by atoms with Gasteiger partial charge in [0.15, 0.2) is 0 Å². The highest BCUT2D eigenvalue weighted by atomic mass is 16.6. The molecule has 0 atom stereocenters. The van der Waals surface area contributed by atoms with Crippen LogP contribution in [0.2, 0.25) is 0 Å². The van der Waals surface area contributed by atoms with E-state index in [0.29, 0.717) is 0 Å². The molecule has 0 aliphatic carbocycles. The molecule has 0 aliphatic rings. The Morgan fingerprint density at radius 3 is 1.57 bits per heavy atom. The maximum absolute atomic E-state index is 11.7. The van der Waals surface area contributed by atoms with Crippen molar-refractivity contribution in [3.8, 4) is 0 Å². The van der Waals surface area contributed by atoms with Crippen LogP contribution >= 0.6 is 0 Å².